The summed E-state index contributed by atoms with van der Waals surface area (Å²) in [6.07, 6.45) is 0. The van der Waals surface area contributed by atoms with Crippen molar-refractivity contribution >= 4 is 38.4 Å². The monoisotopic (exact) mass is 362 g/mol. The Morgan fingerprint density at radius 3 is 2.85 bits per heavy atom. The van der Waals surface area contributed by atoms with Gasteiger partial charge in [-0.2, -0.15) is 0 Å². The minimum atomic E-state index is -0.0870. The Morgan fingerprint density at radius 2 is 2.00 bits per heavy atom. The van der Waals surface area contributed by atoms with Gasteiger partial charge in [-0.15, -0.1) is 11.3 Å². The number of methoxy groups -OCH3 is 1. The highest BCUT2D eigenvalue weighted by atomic mass is 32.1. The molecular weight excluding hydrogens is 344 g/mol. The molecular formula is C21H18N2O2S. The fourth-order valence-electron chi connectivity index (χ4n) is 2.90. The second kappa shape index (κ2) is 6.77. The van der Waals surface area contributed by atoms with Crippen molar-refractivity contribution in [2.24, 2.45) is 0 Å². The van der Waals surface area contributed by atoms with Gasteiger partial charge in [0.1, 0.15) is 10.6 Å². The number of thiophene rings is 1. The number of pyridine rings is 1. The Balaban J connectivity index is 1.57. The van der Waals surface area contributed by atoms with Crippen molar-refractivity contribution < 1.29 is 9.53 Å². The van der Waals surface area contributed by atoms with Crippen molar-refractivity contribution in [2.45, 2.75) is 13.5 Å². The SMILES string of the molecule is COc1cccc(CNC(=O)c2cc3cc4ccc(C)cc4nc3s2)c1. The number of nitrogens with zero attached hydrogens (tertiary/aromatic N) is 1. The highest BCUT2D eigenvalue weighted by molar-refractivity contribution is 7.20. The van der Waals surface area contributed by atoms with E-state index >= 15 is 0 Å². The van der Waals surface area contributed by atoms with Crippen molar-refractivity contribution in [2.75, 3.05) is 7.11 Å². The molecule has 2 heterocycles. The van der Waals surface area contributed by atoms with Crippen LogP contribution in [0, 0.1) is 6.92 Å². The first-order valence-electron chi connectivity index (χ1n) is 8.34. The fourth-order valence-corrected chi connectivity index (χ4v) is 3.84. The molecule has 5 heteroatoms. The number of aryl methyl sites for hydroxylation is 1. The number of carbonyl (C=O) groups excluding carboxylic acids is 1. The number of hydrogen-bond acceptors (Lipinski definition) is 4. The number of ether oxygens (including phenoxy) is 1. The Morgan fingerprint density at radius 1 is 1.12 bits per heavy atom. The van der Waals surface area contributed by atoms with Crippen LogP contribution in [0.5, 0.6) is 5.75 Å². The Labute approximate surface area is 155 Å². The second-order valence-corrected chi connectivity index (χ2v) is 7.25. The van der Waals surface area contributed by atoms with Crippen molar-refractivity contribution in [3.05, 3.63) is 70.6 Å². The number of amides is 1. The van der Waals surface area contributed by atoms with Crippen LogP contribution in [0.15, 0.2) is 54.6 Å². The van der Waals surface area contributed by atoms with Crippen molar-refractivity contribution in [3.63, 3.8) is 0 Å². The van der Waals surface area contributed by atoms with Gasteiger partial charge in [0.25, 0.3) is 5.91 Å². The van der Waals surface area contributed by atoms with Crippen LogP contribution in [0.4, 0.5) is 0 Å². The number of aromatic nitrogens is 1. The van der Waals surface area contributed by atoms with Crippen molar-refractivity contribution in [3.8, 4) is 5.75 Å². The van der Waals surface area contributed by atoms with E-state index in [9.17, 15) is 4.79 Å². The smallest absolute Gasteiger partial charge is 0.261 e. The fraction of sp³-hybridized carbons (Fsp3) is 0.143. The molecule has 4 aromatic rings. The quantitative estimate of drug-likeness (QED) is 0.573. The summed E-state index contributed by atoms with van der Waals surface area (Å²) >= 11 is 1.42. The standard InChI is InChI=1S/C21H18N2O2S/c1-13-6-7-15-10-16-11-19(26-21(16)23-18(15)8-13)20(24)22-12-14-4-3-5-17(9-14)25-2/h3-11H,12H2,1-2H3,(H,22,24). The van der Waals surface area contributed by atoms with Gasteiger partial charge >= 0.3 is 0 Å². The van der Waals surface area contributed by atoms with Gasteiger partial charge < -0.3 is 10.1 Å². The lowest BCUT2D eigenvalue weighted by Gasteiger charge is -2.05. The first-order valence-corrected chi connectivity index (χ1v) is 9.16. The topological polar surface area (TPSA) is 51.2 Å². The number of carbonyl (C=O) groups is 1. The van der Waals surface area contributed by atoms with E-state index in [1.54, 1.807) is 7.11 Å². The van der Waals surface area contributed by atoms with Crippen molar-refractivity contribution in [1.29, 1.82) is 0 Å². The van der Waals surface area contributed by atoms with Crippen LogP contribution in [0.3, 0.4) is 0 Å². The van der Waals surface area contributed by atoms with E-state index in [1.165, 1.54) is 16.9 Å². The maximum Gasteiger partial charge on any atom is 0.261 e. The highest BCUT2D eigenvalue weighted by Crippen LogP contribution is 2.28. The molecule has 1 N–H and O–H groups in total. The Hall–Kier alpha value is -2.92. The summed E-state index contributed by atoms with van der Waals surface area (Å²) in [5, 5.41) is 5.05. The lowest BCUT2D eigenvalue weighted by atomic mass is 10.1. The predicted octanol–water partition coefficient (Wildman–Crippen LogP) is 4.70. The summed E-state index contributed by atoms with van der Waals surface area (Å²) in [6, 6.07) is 17.9. The van der Waals surface area contributed by atoms with Crippen LogP contribution < -0.4 is 10.1 Å². The van der Waals surface area contributed by atoms with E-state index in [0.717, 1.165) is 32.4 Å². The third-order valence-electron chi connectivity index (χ3n) is 4.27. The maximum absolute atomic E-state index is 12.5. The third kappa shape index (κ3) is 3.26. The summed E-state index contributed by atoms with van der Waals surface area (Å²) in [5.41, 5.74) is 3.14. The van der Waals surface area contributed by atoms with E-state index < -0.39 is 0 Å². The molecule has 0 saturated heterocycles. The van der Waals surface area contributed by atoms with Crippen LogP contribution in [0.1, 0.15) is 20.8 Å². The van der Waals surface area contributed by atoms with Gasteiger partial charge in [-0.25, -0.2) is 4.98 Å². The molecule has 0 bridgehead atoms. The predicted molar refractivity (Wildman–Crippen MR) is 106 cm³/mol. The van der Waals surface area contributed by atoms with Crippen LogP contribution in [0.2, 0.25) is 0 Å². The molecule has 0 aliphatic heterocycles. The zero-order chi connectivity index (χ0) is 18.1. The molecule has 0 radical (unpaired) electrons. The minimum absolute atomic E-state index is 0.0870. The van der Waals surface area contributed by atoms with Gasteiger partial charge in [0.05, 0.1) is 17.5 Å². The lowest BCUT2D eigenvalue weighted by Crippen LogP contribution is -2.21. The zero-order valence-electron chi connectivity index (χ0n) is 14.6. The summed E-state index contributed by atoms with van der Waals surface area (Å²) in [7, 11) is 1.63. The summed E-state index contributed by atoms with van der Waals surface area (Å²) in [4.78, 5) is 18.8. The molecule has 130 valence electrons. The molecule has 1 amide bonds. The number of nitrogens with one attached hydrogen (secondary N) is 1. The number of hydrogen-bond donors (Lipinski definition) is 1. The van der Waals surface area contributed by atoms with Gasteiger partial charge in [-0.05, 0) is 48.4 Å². The zero-order valence-corrected chi connectivity index (χ0v) is 15.4. The molecule has 4 rings (SSSR count). The Bertz CT molecular complexity index is 1120. The summed E-state index contributed by atoms with van der Waals surface area (Å²) < 4.78 is 5.21. The van der Waals surface area contributed by atoms with E-state index in [-0.39, 0.29) is 5.91 Å². The third-order valence-corrected chi connectivity index (χ3v) is 5.31. The summed E-state index contributed by atoms with van der Waals surface area (Å²) in [6.45, 7) is 2.51. The van der Waals surface area contributed by atoms with Gasteiger partial charge in [0, 0.05) is 17.3 Å². The first kappa shape index (κ1) is 16.5. The van der Waals surface area contributed by atoms with Gasteiger partial charge in [-0.1, -0.05) is 24.3 Å². The highest BCUT2D eigenvalue weighted by Gasteiger charge is 2.12. The Kier molecular flexibility index (Phi) is 4.31. The summed E-state index contributed by atoms with van der Waals surface area (Å²) in [5.74, 6) is 0.695. The number of benzene rings is 2. The van der Waals surface area contributed by atoms with Gasteiger partial charge in [-0.3, -0.25) is 4.79 Å². The van der Waals surface area contributed by atoms with Crippen LogP contribution in [0.25, 0.3) is 21.1 Å². The molecule has 0 atom stereocenters. The van der Waals surface area contributed by atoms with Gasteiger partial charge in [0.2, 0.25) is 0 Å². The number of fused-ring (bicyclic) bond motifs is 2. The van der Waals surface area contributed by atoms with Crippen molar-refractivity contribution in [1.82, 2.24) is 10.3 Å². The molecule has 0 aliphatic rings. The number of rotatable bonds is 4. The molecule has 2 aromatic heterocycles. The lowest BCUT2D eigenvalue weighted by molar-refractivity contribution is 0.0955. The average Bonchev–Trinajstić information content (AvgIpc) is 3.07. The van der Waals surface area contributed by atoms with E-state index in [4.69, 9.17) is 9.72 Å². The largest absolute Gasteiger partial charge is 0.497 e. The van der Waals surface area contributed by atoms with Gasteiger partial charge in [0.15, 0.2) is 0 Å². The van der Waals surface area contributed by atoms with Crippen LogP contribution in [-0.2, 0) is 6.54 Å². The molecule has 0 unspecified atom stereocenters. The van der Waals surface area contributed by atoms with E-state index in [0.29, 0.717) is 11.4 Å². The normalized spacial score (nSPS) is 11.0. The molecule has 0 fully saturated rings. The van der Waals surface area contributed by atoms with Crippen LogP contribution in [-0.4, -0.2) is 18.0 Å². The van der Waals surface area contributed by atoms with E-state index in [1.807, 2.05) is 30.3 Å². The molecule has 0 spiro atoms. The molecule has 26 heavy (non-hydrogen) atoms. The molecule has 4 nitrogen and oxygen atoms in total. The first-order chi connectivity index (χ1) is 12.6. The van der Waals surface area contributed by atoms with E-state index in [2.05, 4.69) is 36.5 Å². The molecule has 0 saturated carbocycles. The molecule has 0 aliphatic carbocycles. The average molecular weight is 362 g/mol. The maximum atomic E-state index is 12.5. The van der Waals surface area contributed by atoms with Crippen LogP contribution >= 0.6 is 11.3 Å². The molecule has 2 aromatic carbocycles. The second-order valence-electron chi connectivity index (χ2n) is 6.22. The minimum Gasteiger partial charge on any atom is -0.497 e.